The number of allylic oxidation sites excluding steroid dienone is 1. The normalized spacial score (nSPS) is 11.1. The van der Waals surface area contributed by atoms with Crippen LogP contribution < -0.4 is 5.73 Å². The van der Waals surface area contributed by atoms with E-state index in [0.29, 0.717) is 0 Å². The molecule has 1 aromatic carbocycles. The van der Waals surface area contributed by atoms with Gasteiger partial charge in [0.2, 0.25) is 0 Å². The Morgan fingerprint density at radius 2 is 2.00 bits per heavy atom. The predicted octanol–water partition coefficient (Wildman–Crippen LogP) is 1.43. The molecule has 0 aromatic heterocycles. The van der Waals surface area contributed by atoms with Gasteiger partial charge in [0.25, 0.3) is 0 Å². The van der Waals surface area contributed by atoms with Crippen LogP contribution in [0.25, 0.3) is 6.08 Å². The average molecular weight is 145 g/mol. The summed E-state index contributed by atoms with van der Waals surface area (Å²) in [5, 5.41) is 0. The van der Waals surface area contributed by atoms with Gasteiger partial charge in [0.05, 0.1) is 0 Å². The molecule has 2 rings (SSSR count). The van der Waals surface area contributed by atoms with Crippen LogP contribution in [0.15, 0.2) is 18.2 Å². The second-order valence-corrected chi connectivity index (χ2v) is 2.16. The van der Waals surface area contributed by atoms with E-state index in [4.69, 9.17) is 0 Å². The Morgan fingerprint density at radius 3 is 2.73 bits per heavy atom. The van der Waals surface area contributed by atoms with E-state index < -0.39 is 0 Å². The molecule has 1 aliphatic carbocycles. The molecular weight excluding hydrogens is 134 g/mol. The first-order chi connectivity index (χ1) is 5.47. The Labute approximate surface area is 67.5 Å². The quantitative estimate of drug-likeness (QED) is 0.587. The van der Waals surface area contributed by atoms with Gasteiger partial charge in [0.15, 0.2) is 0 Å². The number of nitrogens with two attached hydrogens (primary N) is 1. The van der Waals surface area contributed by atoms with Gasteiger partial charge >= 0.3 is 0 Å². The van der Waals surface area contributed by atoms with Crippen LogP contribution in [0.3, 0.4) is 0 Å². The fourth-order valence-corrected chi connectivity index (χ4v) is 1.07. The molecule has 1 heteroatoms. The Bertz CT molecular complexity index is 251. The topological polar surface area (TPSA) is 26.0 Å². The number of hydrogen-bond donors (Lipinski definition) is 1. The van der Waals surface area contributed by atoms with E-state index >= 15 is 0 Å². The summed E-state index contributed by atoms with van der Waals surface area (Å²) in [4.78, 5) is 0. The summed E-state index contributed by atoms with van der Waals surface area (Å²) in [6, 6.07) is 9.81. The highest BCUT2D eigenvalue weighted by Crippen LogP contribution is 2.15. The number of fused-ring (bicyclic) bond motifs is 1. The second kappa shape index (κ2) is 3.80. The second-order valence-electron chi connectivity index (χ2n) is 2.16. The maximum Gasteiger partial charge on any atom is -0.00397 e. The van der Waals surface area contributed by atoms with E-state index in [2.05, 4.69) is 30.0 Å². The third kappa shape index (κ3) is 1.60. The Balaban J connectivity index is 0.000000281. The van der Waals surface area contributed by atoms with Crippen molar-refractivity contribution in [1.82, 2.24) is 0 Å². The van der Waals surface area contributed by atoms with Crippen LogP contribution in [0, 0.1) is 12.1 Å². The minimum atomic E-state index is 1.07. The van der Waals surface area contributed by atoms with Crippen LogP contribution in [-0.4, -0.2) is 7.05 Å². The van der Waals surface area contributed by atoms with Gasteiger partial charge in [0, 0.05) is 0 Å². The van der Waals surface area contributed by atoms with Crippen molar-refractivity contribution >= 4 is 6.08 Å². The molecule has 0 saturated carbocycles. The van der Waals surface area contributed by atoms with E-state index in [-0.39, 0.29) is 0 Å². The molecule has 1 aromatic rings. The molecule has 0 amide bonds. The summed E-state index contributed by atoms with van der Waals surface area (Å²) in [6.45, 7) is 0. The lowest BCUT2D eigenvalue weighted by Gasteiger charge is -1.89. The Hall–Kier alpha value is -1.26. The van der Waals surface area contributed by atoms with E-state index in [9.17, 15) is 0 Å². The van der Waals surface area contributed by atoms with Gasteiger partial charge in [-0.2, -0.15) is 0 Å². The molecule has 0 atom stereocenters. The Kier molecular flexibility index (Phi) is 2.71. The SMILES string of the molecule is CN.c1cc2c(cc#1)CC=C2. The fraction of sp³-hybridized carbons (Fsp3) is 0.200. The maximum atomic E-state index is 4.50. The standard InChI is InChI=1S/C9H6.CH5N/c1-2-5-9-7-3-6-8(9)4-1;1-2/h3-6H,7H2;2H2,1H3. The zero-order valence-corrected chi connectivity index (χ0v) is 6.59. The highest BCUT2D eigenvalue weighted by Gasteiger charge is 2.00. The lowest BCUT2D eigenvalue weighted by molar-refractivity contribution is 1.32. The zero-order chi connectivity index (χ0) is 8.10. The first kappa shape index (κ1) is 7.84. The fourth-order valence-electron chi connectivity index (χ4n) is 1.07. The summed E-state index contributed by atoms with van der Waals surface area (Å²) in [5.74, 6) is 0. The summed E-state index contributed by atoms with van der Waals surface area (Å²) < 4.78 is 0. The Morgan fingerprint density at radius 1 is 1.27 bits per heavy atom. The van der Waals surface area contributed by atoms with Gasteiger partial charge in [-0.1, -0.05) is 24.3 Å². The molecule has 2 N–H and O–H groups in total. The average Bonchev–Trinajstić information content (AvgIpc) is 2.55. The van der Waals surface area contributed by atoms with Crippen molar-refractivity contribution < 1.29 is 0 Å². The van der Waals surface area contributed by atoms with E-state index in [0.717, 1.165) is 6.42 Å². The van der Waals surface area contributed by atoms with Crippen molar-refractivity contribution in [2.24, 2.45) is 5.73 Å². The lowest BCUT2D eigenvalue weighted by atomic mass is 10.1. The first-order valence-corrected chi connectivity index (χ1v) is 3.62. The molecule has 1 nitrogen and oxygen atoms in total. The summed E-state index contributed by atoms with van der Waals surface area (Å²) >= 11 is 0. The minimum Gasteiger partial charge on any atom is -0.333 e. The highest BCUT2D eigenvalue weighted by atomic mass is 14.4. The van der Waals surface area contributed by atoms with E-state index in [1.54, 1.807) is 0 Å². The minimum absolute atomic E-state index is 1.07. The van der Waals surface area contributed by atoms with Gasteiger partial charge in [-0.25, -0.2) is 0 Å². The summed E-state index contributed by atoms with van der Waals surface area (Å²) in [5.41, 5.74) is 7.17. The molecule has 0 heterocycles. The van der Waals surface area contributed by atoms with Crippen LogP contribution in [-0.2, 0) is 6.42 Å². The predicted molar refractivity (Wildman–Crippen MR) is 47.0 cm³/mol. The monoisotopic (exact) mass is 145 g/mol. The zero-order valence-electron chi connectivity index (χ0n) is 6.59. The molecule has 0 unspecified atom stereocenters. The molecule has 56 valence electrons. The van der Waals surface area contributed by atoms with Crippen molar-refractivity contribution in [2.45, 2.75) is 6.42 Å². The van der Waals surface area contributed by atoms with Crippen LogP contribution in [0.1, 0.15) is 11.1 Å². The molecule has 0 bridgehead atoms. The van der Waals surface area contributed by atoms with Crippen molar-refractivity contribution in [3.63, 3.8) is 0 Å². The summed E-state index contributed by atoms with van der Waals surface area (Å²) in [6.07, 6.45) is 5.35. The van der Waals surface area contributed by atoms with Crippen molar-refractivity contribution in [2.75, 3.05) is 7.05 Å². The lowest BCUT2D eigenvalue weighted by Crippen LogP contribution is -1.75. The van der Waals surface area contributed by atoms with Crippen LogP contribution >= 0.6 is 0 Å². The van der Waals surface area contributed by atoms with Crippen LogP contribution in [0.5, 0.6) is 0 Å². The van der Waals surface area contributed by atoms with Crippen molar-refractivity contribution in [1.29, 1.82) is 0 Å². The molecule has 1 aliphatic rings. The smallest absolute Gasteiger partial charge is 0.00397 e. The van der Waals surface area contributed by atoms with Gasteiger partial charge in [0.1, 0.15) is 0 Å². The van der Waals surface area contributed by atoms with E-state index in [1.807, 2.05) is 12.1 Å². The molecule has 0 radical (unpaired) electrons. The van der Waals surface area contributed by atoms with Crippen LogP contribution in [0.2, 0.25) is 0 Å². The highest BCUT2D eigenvalue weighted by molar-refractivity contribution is 5.58. The van der Waals surface area contributed by atoms with Crippen molar-refractivity contribution in [3.05, 3.63) is 41.5 Å². The van der Waals surface area contributed by atoms with E-state index in [1.165, 1.54) is 18.2 Å². The third-order valence-corrected chi connectivity index (χ3v) is 1.56. The largest absolute Gasteiger partial charge is 0.333 e. The molecule has 11 heavy (non-hydrogen) atoms. The molecule has 0 spiro atoms. The van der Waals surface area contributed by atoms with Gasteiger partial charge in [-0.3, -0.25) is 0 Å². The maximum absolute atomic E-state index is 4.50. The van der Waals surface area contributed by atoms with Crippen molar-refractivity contribution in [3.8, 4) is 0 Å². The van der Waals surface area contributed by atoms with Gasteiger partial charge in [-0.05, 0) is 36.7 Å². The third-order valence-electron chi connectivity index (χ3n) is 1.56. The molecule has 0 fully saturated rings. The number of rotatable bonds is 0. The van der Waals surface area contributed by atoms with Crippen LogP contribution in [0.4, 0.5) is 0 Å². The molecule has 0 aliphatic heterocycles. The summed E-state index contributed by atoms with van der Waals surface area (Å²) in [7, 11) is 1.50. The number of hydrogen-bond acceptors (Lipinski definition) is 1. The molecule has 0 saturated heterocycles. The van der Waals surface area contributed by atoms with Gasteiger partial charge < -0.3 is 5.73 Å². The van der Waals surface area contributed by atoms with Gasteiger partial charge in [-0.15, -0.1) is 0 Å². The molecular formula is C10H11N. The first-order valence-electron chi connectivity index (χ1n) is 3.62.